The van der Waals surface area contributed by atoms with Gasteiger partial charge < -0.3 is 26.0 Å². The standard InChI is InChI=1S/C26H26ClF3N6O3/c1-11(32)35-26(36-18-6-15(27)9-34-21(18)12-2-3-12)25-23(37)22(24-19(39-25)10-38-24)33-8-14(7-31)13-4-16(28)20(30)17(29)5-13/h4-9,12,19,22-25,37H,2-3,10,31H2,1H3,(H2,32,35,36). The Labute approximate surface area is 227 Å². The number of aliphatic hydroxyl groups excluding tert-OH is 1. The summed E-state index contributed by atoms with van der Waals surface area (Å²) in [6, 6.07) is 2.39. The maximum absolute atomic E-state index is 13.8. The lowest BCUT2D eigenvalue weighted by Crippen LogP contribution is -2.66. The van der Waals surface area contributed by atoms with Crippen LogP contribution in [0, 0.1) is 17.5 Å². The number of hydrogen-bond donors (Lipinski definition) is 3. The van der Waals surface area contributed by atoms with Crippen molar-refractivity contribution >= 4 is 40.7 Å². The van der Waals surface area contributed by atoms with Crippen LogP contribution in [0.25, 0.3) is 5.57 Å². The molecular formula is C26H26ClF3N6O3. The lowest BCUT2D eigenvalue weighted by atomic mass is 9.89. The van der Waals surface area contributed by atoms with Gasteiger partial charge in [-0.25, -0.2) is 23.2 Å². The van der Waals surface area contributed by atoms with Crippen molar-refractivity contribution in [2.24, 2.45) is 26.4 Å². The molecule has 5 atom stereocenters. The van der Waals surface area contributed by atoms with E-state index in [0.717, 1.165) is 36.9 Å². The number of aliphatic imine (C=N–C) groups is 3. The molecule has 2 saturated heterocycles. The number of ether oxygens (including phenoxy) is 2. The van der Waals surface area contributed by atoms with Crippen molar-refractivity contribution in [2.45, 2.75) is 56.1 Å². The molecule has 13 heteroatoms. The van der Waals surface area contributed by atoms with Crippen LogP contribution >= 0.6 is 11.6 Å². The lowest BCUT2D eigenvalue weighted by molar-refractivity contribution is -0.255. The molecule has 0 amide bonds. The van der Waals surface area contributed by atoms with E-state index in [4.69, 9.17) is 32.5 Å². The molecule has 0 bridgehead atoms. The first-order valence-electron chi connectivity index (χ1n) is 12.3. The average molecular weight is 563 g/mol. The summed E-state index contributed by atoms with van der Waals surface area (Å²) in [5.41, 5.74) is 12.9. The Morgan fingerprint density at radius 2 is 1.92 bits per heavy atom. The summed E-state index contributed by atoms with van der Waals surface area (Å²) in [5, 5.41) is 11.8. The molecule has 5 unspecified atom stereocenters. The summed E-state index contributed by atoms with van der Waals surface area (Å²) in [6.07, 6.45) is 2.42. The van der Waals surface area contributed by atoms with E-state index >= 15 is 0 Å². The van der Waals surface area contributed by atoms with Gasteiger partial charge in [-0.2, -0.15) is 0 Å². The molecule has 206 valence electrons. The summed E-state index contributed by atoms with van der Waals surface area (Å²) in [7, 11) is 0. The number of pyridine rings is 1. The third-order valence-electron chi connectivity index (χ3n) is 6.63. The number of rotatable bonds is 6. The number of aliphatic hydroxyl groups is 1. The average Bonchev–Trinajstić information content (AvgIpc) is 3.70. The smallest absolute Gasteiger partial charge is 0.194 e. The van der Waals surface area contributed by atoms with E-state index < -0.39 is 47.9 Å². The van der Waals surface area contributed by atoms with Crippen LogP contribution in [0.5, 0.6) is 0 Å². The summed E-state index contributed by atoms with van der Waals surface area (Å²) >= 11 is 6.19. The molecule has 3 aliphatic rings. The molecule has 1 aliphatic carbocycles. The molecule has 0 spiro atoms. The molecule has 5 N–H and O–H groups in total. The van der Waals surface area contributed by atoms with Crippen molar-refractivity contribution in [1.29, 1.82) is 0 Å². The van der Waals surface area contributed by atoms with E-state index in [9.17, 15) is 18.3 Å². The van der Waals surface area contributed by atoms with E-state index in [2.05, 4.69) is 20.0 Å². The molecule has 2 aliphatic heterocycles. The van der Waals surface area contributed by atoms with E-state index in [0.29, 0.717) is 10.7 Å². The Hall–Kier alpha value is -3.32. The maximum Gasteiger partial charge on any atom is 0.194 e. The van der Waals surface area contributed by atoms with Crippen LogP contribution in [0.1, 0.15) is 36.9 Å². The molecule has 5 rings (SSSR count). The van der Waals surface area contributed by atoms with Gasteiger partial charge in [0.15, 0.2) is 23.3 Å². The fraction of sp³-hybridized carbons (Fsp3) is 0.385. The summed E-state index contributed by atoms with van der Waals surface area (Å²) < 4.78 is 52.7. The topological polar surface area (TPSA) is 141 Å². The second kappa shape index (κ2) is 11.0. The van der Waals surface area contributed by atoms with Crippen molar-refractivity contribution in [3.05, 3.63) is 64.3 Å². The highest BCUT2D eigenvalue weighted by molar-refractivity contribution is 6.30. The Morgan fingerprint density at radius 1 is 1.21 bits per heavy atom. The van der Waals surface area contributed by atoms with E-state index in [1.165, 1.54) is 6.21 Å². The minimum Gasteiger partial charge on any atom is -0.404 e. The highest BCUT2D eigenvalue weighted by atomic mass is 35.5. The zero-order valence-corrected chi connectivity index (χ0v) is 21.5. The predicted octanol–water partition coefficient (Wildman–Crippen LogP) is 3.40. The van der Waals surface area contributed by atoms with Gasteiger partial charge in [-0.1, -0.05) is 11.6 Å². The zero-order valence-electron chi connectivity index (χ0n) is 20.8. The minimum absolute atomic E-state index is 0.0338. The summed E-state index contributed by atoms with van der Waals surface area (Å²) in [4.78, 5) is 17.9. The number of nitrogens with zero attached hydrogens (tertiary/aromatic N) is 4. The first-order chi connectivity index (χ1) is 18.7. The number of fused-ring (bicyclic) bond motifs is 1. The normalized spacial score (nSPS) is 27.9. The fourth-order valence-electron chi connectivity index (χ4n) is 4.51. The van der Waals surface area contributed by atoms with Gasteiger partial charge in [-0.15, -0.1) is 0 Å². The third-order valence-corrected chi connectivity index (χ3v) is 6.84. The number of allylic oxidation sites excluding steroid dienone is 1. The van der Waals surface area contributed by atoms with Crippen molar-refractivity contribution in [3.63, 3.8) is 0 Å². The van der Waals surface area contributed by atoms with Crippen molar-refractivity contribution in [3.8, 4) is 0 Å². The van der Waals surface area contributed by atoms with Gasteiger partial charge in [0.05, 0.1) is 28.8 Å². The summed E-state index contributed by atoms with van der Waals surface area (Å²) in [5.74, 6) is -3.79. The third kappa shape index (κ3) is 5.69. The Morgan fingerprint density at radius 3 is 2.51 bits per heavy atom. The minimum atomic E-state index is -1.59. The van der Waals surface area contributed by atoms with Crippen LogP contribution in [0.3, 0.4) is 0 Å². The van der Waals surface area contributed by atoms with Gasteiger partial charge in [-0.3, -0.25) is 9.98 Å². The van der Waals surface area contributed by atoms with Crippen LogP contribution in [0.15, 0.2) is 45.6 Å². The zero-order chi connectivity index (χ0) is 27.8. The van der Waals surface area contributed by atoms with Crippen LogP contribution < -0.4 is 11.5 Å². The van der Waals surface area contributed by atoms with Gasteiger partial charge in [0.1, 0.15) is 30.5 Å². The number of benzene rings is 1. The monoisotopic (exact) mass is 562 g/mol. The highest BCUT2D eigenvalue weighted by Gasteiger charge is 2.52. The molecule has 0 radical (unpaired) electrons. The Kier molecular flexibility index (Phi) is 7.72. The first kappa shape index (κ1) is 27.3. The summed E-state index contributed by atoms with van der Waals surface area (Å²) in [6.45, 7) is 1.82. The van der Waals surface area contributed by atoms with Gasteiger partial charge in [-0.05, 0) is 43.5 Å². The second-order valence-electron chi connectivity index (χ2n) is 9.58. The second-order valence-corrected chi connectivity index (χ2v) is 10.0. The van der Waals surface area contributed by atoms with Gasteiger partial charge in [0, 0.05) is 30.1 Å². The van der Waals surface area contributed by atoms with Crippen LogP contribution in [0.2, 0.25) is 5.02 Å². The largest absolute Gasteiger partial charge is 0.404 e. The number of amidine groups is 2. The SMILES string of the molecule is CC(N)=NC(=Nc1cc(Cl)cnc1C1CC1)C1OC2COC2C(N=CC(=CN)c2cc(F)c(F)c(F)c2)C1O. The first-order valence-corrected chi connectivity index (χ1v) is 12.6. The molecule has 39 heavy (non-hydrogen) atoms. The maximum atomic E-state index is 13.8. The van der Waals surface area contributed by atoms with Crippen LogP contribution in [-0.2, 0) is 9.47 Å². The molecule has 1 aromatic heterocycles. The Balaban J connectivity index is 1.48. The quantitative estimate of drug-likeness (QED) is 0.280. The number of hydrogen-bond acceptors (Lipinski definition) is 7. The van der Waals surface area contributed by atoms with E-state index in [-0.39, 0.29) is 35.3 Å². The van der Waals surface area contributed by atoms with Crippen molar-refractivity contribution in [1.82, 2.24) is 4.98 Å². The van der Waals surface area contributed by atoms with Crippen molar-refractivity contribution in [2.75, 3.05) is 6.61 Å². The van der Waals surface area contributed by atoms with Gasteiger partial charge in [0.2, 0.25) is 0 Å². The number of nitrogens with two attached hydrogens (primary N) is 2. The number of halogens is 4. The molecule has 3 fully saturated rings. The van der Waals surface area contributed by atoms with Gasteiger partial charge >= 0.3 is 0 Å². The van der Waals surface area contributed by atoms with Gasteiger partial charge in [0.25, 0.3) is 0 Å². The molecule has 1 aromatic carbocycles. The number of aromatic nitrogens is 1. The molecule has 2 aromatic rings. The van der Waals surface area contributed by atoms with Crippen LogP contribution in [-0.4, -0.2) is 65.0 Å². The predicted molar refractivity (Wildman–Crippen MR) is 141 cm³/mol. The highest BCUT2D eigenvalue weighted by Crippen LogP contribution is 2.44. The molecule has 1 saturated carbocycles. The molecule has 3 heterocycles. The molecular weight excluding hydrogens is 537 g/mol. The lowest BCUT2D eigenvalue weighted by Gasteiger charge is -2.48. The van der Waals surface area contributed by atoms with E-state index in [1.807, 2.05) is 0 Å². The van der Waals surface area contributed by atoms with Crippen molar-refractivity contribution < 1.29 is 27.8 Å². The van der Waals surface area contributed by atoms with E-state index in [1.54, 1.807) is 19.2 Å². The molecule has 9 nitrogen and oxygen atoms in total. The van der Waals surface area contributed by atoms with Crippen LogP contribution in [0.4, 0.5) is 18.9 Å². The Bertz CT molecular complexity index is 1370. The fourth-order valence-corrected chi connectivity index (χ4v) is 4.66.